The average Bonchev–Trinajstić information content (AvgIpc) is 3.40. The first-order valence-corrected chi connectivity index (χ1v) is 11.3. The predicted molar refractivity (Wildman–Crippen MR) is 127 cm³/mol. The lowest BCUT2D eigenvalue weighted by Crippen LogP contribution is -2.26. The SMILES string of the molecule is Cc1cc(C2CCNCC2)cc2[nH]c(-c3c(NCCn4cc(Cl)cn4)cc[nH]c3=O)nc12. The lowest BCUT2D eigenvalue weighted by molar-refractivity contribution is 0.460. The summed E-state index contributed by atoms with van der Waals surface area (Å²) in [7, 11) is 0. The molecule has 32 heavy (non-hydrogen) atoms. The first-order chi connectivity index (χ1) is 15.6. The fraction of sp³-hybridized carbons (Fsp3) is 0.348. The minimum atomic E-state index is -0.188. The van der Waals surface area contributed by atoms with Crippen LogP contribution in [-0.2, 0) is 6.54 Å². The number of nitrogens with one attached hydrogen (secondary N) is 4. The molecule has 5 rings (SSSR count). The van der Waals surface area contributed by atoms with Gasteiger partial charge in [0.05, 0.1) is 34.5 Å². The van der Waals surface area contributed by atoms with E-state index in [4.69, 9.17) is 16.6 Å². The van der Waals surface area contributed by atoms with Gasteiger partial charge in [-0.1, -0.05) is 17.7 Å². The molecule has 0 aliphatic carbocycles. The van der Waals surface area contributed by atoms with Crippen LogP contribution in [0.2, 0.25) is 5.02 Å². The number of hydrogen-bond donors (Lipinski definition) is 4. The molecule has 4 aromatic rings. The predicted octanol–water partition coefficient (Wildman–Crippen LogP) is 3.66. The Kier molecular flexibility index (Phi) is 5.71. The van der Waals surface area contributed by atoms with Crippen LogP contribution in [0.15, 0.2) is 41.6 Å². The molecule has 3 aromatic heterocycles. The summed E-state index contributed by atoms with van der Waals surface area (Å²) >= 11 is 5.93. The number of aromatic amines is 2. The second-order valence-corrected chi connectivity index (χ2v) is 8.72. The molecule has 0 saturated carbocycles. The normalized spacial score (nSPS) is 14.8. The first kappa shape index (κ1) is 20.8. The summed E-state index contributed by atoms with van der Waals surface area (Å²) in [5, 5.41) is 11.6. The Morgan fingerprint density at radius 2 is 2.12 bits per heavy atom. The summed E-state index contributed by atoms with van der Waals surface area (Å²) in [6.07, 6.45) is 7.29. The monoisotopic (exact) mass is 451 g/mol. The zero-order valence-corrected chi connectivity index (χ0v) is 18.7. The summed E-state index contributed by atoms with van der Waals surface area (Å²) in [4.78, 5) is 23.7. The van der Waals surface area contributed by atoms with Crippen molar-refractivity contribution in [1.82, 2.24) is 30.0 Å². The molecule has 0 bridgehead atoms. The number of halogens is 1. The van der Waals surface area contributed by atoms with Crippen molar-refractivity contribution in [3.63, 3.8) is 0 Å². The number of aryl methyl sites for hydroxylation is 1. The van der Waals surface area contributed by atoms with Gasteiger partial charge < -0.3 is 20.6 Å². The summed E-state index contributed by atoms with van der Waals surface area (Å²) in [6.45, 7) is 5.40. The van der Waals surface area contributed by atoms with E-state index in [-0.39, 0.29) is 5.56 Å². The Balaban J connectivity index is 1.45. The van der Waals surface area contributed by atoms with Crippen LogP contribution in [0.25, 0.3) is 22.4 Å². The number of hydrogen-bond acceptors (Lipinski definition) is 5. The number of H-pyrrole nitrogens is 2. The number of pyridine rings is 1. The second kappa shape index (κ2) is 8.80. The fourth-order valence-corrected chi connectivity index (χ4v) is 4.61. The maximum Gasteiger partial charge on any atom is 0.261 e. The van der Waals surface area contributed by atoms with Crippen molar-refractivity contribution in [2.75, 3.05) is 25.0 Å². The number of anilines is 1. The Labute approximate surface area is 190 Å². The molecule has 1 aromatic carbocycles. The smallest absolute Gasteiger partial charge is 0.261 e. The van der Waals surface area contributed by atoms with E-state index in [1.54, 1.807) is 23.3 Å². The Morgan fingerprint density at radius 1 is 1.28 bits per heavy atom. The standard InChI is InChI=1S/C23H26ClN7O/c1-14-10-16(15-2-5-25-6-3-15)11-19-21(14)30-22(29-19)20-18(4-7-27-23(20)32)26-8-9-31-13-17(24)12-28-31/h4,7,10-13,15,25H,2-3,5-6,8-9H2,1H3,(H,29,30)(H2,26,27,32). The highest BCUT2D eigenvalue weighted by Crippen LogP contribution is 2.31. The zero-order chi connectivity index (χ0) is 22.1. The van der Waals surface area contributed by atoms with Gasteiger partial charge in [0, 0.05) is 18.9 Å². The molecule has 0 spiro atoms. The average molecular weight is 452 g/mol. The Hall–Kier alpha value is -3.10. The van der Waals surface area contributed by atoms with E-state index in [0.717, 1.165) is 48.2 Å². The largest absolute Gasteiger partial charge is 0.382 e. The maximum atomic E-state index is 12.8. The minimum Gasteiger partial charge on any atom is -0.382 e. The van der Waals surface area contributed by atoms with Crippen molar-refractivity contribution >= 4 is 28.3 Å². The molecule has 0 unspecified atom stereocenters. The van der Waals surface area contributed by atoms with Crippen LogP contribution >= 0.6 is 11.6 Å². The van der Waals surface area contributed by atoms with Gasteiger partial charge in [-0.3, -0.25) is 9.48 Å². The van der Waals surface area contributed by atoms with E-state index >= 15 is 0 Å². The quantitative estimate of drug-likeness (QED) is 0.358. The van der Waals surface area contributed by atoms with Gasteiger partial charge in [-0.15, -0.1) is 0 Å². The third-order valence-corrected chi connectivity index (χ3v) is 6.26. The van der Waals surface area contributed by atoms with Crippen LogP contribution in [0, 0.1) is 6.92 Å². The van der Waals surface area contributed by atoms with Crippen molar-refractivity contribution in [2.45, 2.75) is 32.2 Å². The number of aromatic nitrogens is 5. The van der Waals surface area contributed by atoms with Gasteiger partial charge in [0.15, 0.2) is 0 Å². The van der Waals surface area contributed by atoms with E-state index in [1.807, 2.05) is 6.07 Å². The van der Waals surface area contributed by atoms with E-state index in [9.17, 15) is 4.79 Å². The van der Waals surface area contributed by atoms with Crippen LogP contribution in [-0.4, -0.2) is 44.4 Å². The number of nitrogens with zero attached hydrogens (tertiary/aromatic N) is 3. The van der Waals surface area contributed by atoms with Crippen LogP contribution < -0.4 is 16.2 Å². The van der Waals surface area contributed by atoms with Crippen molar-refractivity contribution in [1.29, 1.82) is 0 Å². The highest BCUT2D eigenvalue weighted by Gasteiger charge is 2.19. The topological polar surface area (TPSA) is 103 Å². The van der Waals surface area contributed by atoms with Gasteiger partial charge >= 0.3 is 0 Å². The van der Waals surface area contributed by atoms with Gasteiger partial charge in [0.1, 0.15) is 11.4 Å². The van der Waals surface area contributed by atoms with Crippen LogP contribution in [0.5, 0.6) is 0 Å². The minimum absolute atomic E-state index is 0.188. The zero-order valence-electron chi connectivity index (χ0n) is 17.9. The maximum absolute atomic E-state index is 12.8. The van der Waals surface area contributed by atoms with Crippen LogP contribution in [0.3, 0.4) is 0 Å². The van der Waals surface area contributed by atoms with Crippen molar-refractivity contribution in [3.05, 3.63) is 63.3 Å². The Bertz CT molecular complexity index is 1300. The molecule has 0 radical (unpaired) electrons. The van der Waals surface area contributed by atoms with Gasteiger partial charge in [-0.25, -0.2) is 4.98 Å². The second-order valence-electron chi connectivity index (χ2n) is 8.29. The summed E-state index contributed by atoms with van der Waals surface area (Å²) < 4.78 is 1.76. The third-order valence-electron chi connectivity index (χ3n) is 6.07. The number of piperidine rings is 1. The molecule has 4 N–H and O–H groups in total. The number of benzene rings is 1. The molecule has 166 valence electrons. The van der Waals surface area contributed by atoms with Crippen molar-refractivity contribution in [3.8, 4) is 11.4 Å². The molecule has 1 aliphatic rings. The van der Waals surface area contributed by atoms with E-state index in [0.29, 0.717) is 35.4 Å². The molecular weight excluding hydrogens is 426 g/mol. The highest BCUT2D eigenvalue weighted by molar-refractivity contribution is 6.30. The third kappa shape index (κ3) is 4.16. The van der Waals surface area contributed by atoms with E-state index in [1.165, 1.54) is 5.56 Å². The van der Waals surface area contributed by atoms with Crippen LogP contribution in [0.1, 0.15) is 29.9 Å². The number of rotatable bonds is 6. The molecular formula is C23H26ClN7O. The Morgan fingerprint density at radius 3 is 2.91 bits per heavy atom. The van der Waals surface area contributed by atoms with E-state index < -0.39 is 0 Å². The molecule has 1 aliphatic heterocycles. The van der Waals surface area contributed by atoms with Gasteiger partial charge in [0.25, 0.3) is 5.56 Å². The molecule has 0 atom stereocenters. The summed E-state index contributed by atoms with van der Waals surface area (Å²) in [6, 6.07) is 6.29. The van der Waals surface area contributed by atoms with Gasteiger partial charge in [0.2, 0.25) is 0 Å². The summed E-state index contributed by atoms with van der Waals surface area (Å²) in [5.41, 5.74) is 5.37. The lowest BCUT2D eigenvalue weighted by atomic mass is 9.89. The lowest BCUT2D eigenvalue weighted by Gasteiger charge is -2.23. The van der Waals surface area contributed by atoms with Crippen molar-refractivity contribution < 1.29 is 0 Å². The van der Waals surface area contributed by atoms with Crippen molar-refractivity contribution in [2.24, 2.45) is 0 Å². The summed E-state index contributed by atoms with van der Waals surface area (Å²) in [5.74, 6) is 1.12. The fourth-order valence-electron chi connectivity index (χ4n) is 4.45. The number of imidazole rings is 1. The van der Waals surface area contributed by atoms with Crippen LogP contribution in [0.4, 0.5) is 5.69 Å². The number of fused-ring (bicyclic) bond motifs is 1. The molecule has 1 saturated heterocycles. The van der Waals surface area contributed by atoms with E-state index in [2.05, 4.69) is 44.8 Å². The molecule has 0 amide bonds. The first-order valence-electron chi connectivity index (χ1n) is 10.9. The highest BCUT2D eigenvalue weighted by atomic mass is 35.5. The van der Waals surface area contributed by atoms with Gasteiger partial charge in [-0.2, -0.15) is 5.10 Å². The molecule has 8 nitrogen and oxygen atoms in total. The molecule has 1 fully saturated rings. The molecule has 9 heteroatoms. The molecule has 4 heterocycles. The van der Waals surface area contributed by atoms with Gasteiger partial charge in [-0.05, 0) is 62.0 Å².